The molecular weight excluding hydrogens is 301 g/mol. The summed E-state index contributed by atoms with van der Waals surface area (Å²) >= 11 is -0.199. The monoisotopic (exact) mass is 316 g/mol. The third kappa shape index (κ3) is 5.87. The number of hydrogen-bond donors (Lipinski definition) is 2. The summed E-state index contributed by atoms with van der Waals surface area (Å²) in [6.07, 6.45) is 0. The summed E-state index contributed by atoms with van der Waals surface area (Å²) in [5, 5.41) is 10.8. The zero-order valence-electron chi connectivity index (χ0n) is 10.7. The molecule has 0 aliphatic carbocycles. The van der Waals surface area contributed by atoms with Crippen LogP contribution in [-0.4, -0.2) is 65.1 Å². The molecule has 0 radical (unpaired) electrons. The van der Waals surface area contributed by atoms with Crippen LogP contribution in [0.15, 0.2) is 0 Å². The van der Waals surface area contributed by atoms with Crippen LogP contribution < -0.4 is 5.32 Å². The number of thioether (sulfide) groups is 1. The fraction of sp³-hybridized carbons (Fsp3) is 0.800. The van der Waals surface area contributed by atoms with E-state index >= 15 is 0 Å². The van der Waals surface area contributed by atoms with Crippen molar-refractivity contribution in [3.05, 3.63) is 0 Å². The Balaban J connectivity index is 2.16. The quantitative estimate of drug-likeness (QED) is 0.718. The lowest BCUT2D eigenvalue weighted by atomic mass is 9.97. The lowest BCUT2D eigenvalue weighted by molar-refractivity contribution is -0.159. The highest BCUT2D eigenvalue weighted by atomic mass is 32.2. The third-order valence-electron chi connectivity index (χ3n) is 2.53. The molecule has 1 rings (SSSR count). The molecule has 6 nitrogen and oxygen atoms in total. The predicted molar refractivity (Wildman–Crippen MR) is 65.5 cm³/mol. The van der Waals surface area contributed by atoms with Gasteiger partial charge in [-0.15, -0.1) is 0 Å². The van der Waals surface area contributed by atoms with Crippen LogP contribution in [0.5, 0.6) is 0 Å². The number of carboxylic acids is 1. The summed E-state index contributed by atoms with van der Waals surface area (Å²) in [6, 6.07) is -0.482. The Hall–Kier alpha value is -1.16. The summed E-state index contributed by atoms with van der Waals surface area (Å²) in [5.41, 5.74) is -5.01. The number of aliphatic carboxylic acids is 1. The first-order chi connectivity index (χ1) is 9.11. The van der Waals surface area contributed by atoms with Crippen molar-refractivity contribution in [2.75, 3.05) is 32.0 Å². The summed E-state index contributed by atoms with van der Waals surface area (Å²) in [4.78, 5) is 23.2. The van der Waals surface area contributed by atoms with Gasteiger partial charge in [-0.2, -0.15) is 13.2 Å². The van der Waals surface area contributed by atoms with E-state index in [0.29, 0.717) is 0 Å². The highest BCUT2D eigenvalue weighted by Gasteiger charge is 2.42. The number of hydrogen-bond acceptors (Lipinski definition) is 4. The van der Waals surface area contributed by atoms with Gasteiger partial charge in [0, 0.05) is 12.3 Å². The minimum absolute atomic E-state index is 0.0911. The Morgan fingerprint density at radius 2 is 2.05 bits per heavy atom. The first kappa shape index (κ1) is 16.9. The third-order valence-corrected chi connectivity index (χ3v) is 3.26. The number of amides is 2. The van der Waals surface area contributed by atoms with Crippen LogP contribution in [0, 0.1) is 0 Å². The fourth-order valence-electron chi connectivity index (χ4n) is 1.67. The molecule has 0 aromatic rings. The Morgan fingerprint density at radius 1 is 1.45 bits per heavy atom. The molecule has 0 bridgehead atoms. The molecule has 0 unspecified atom stereocenters. The van der Waals surface area contributed by atoms with E-state index in [9.17, 15) is 22.8 Å². The van der Waals surface area contributed by atoms with Gasteiger partial charge in [-0.25, -0.2) is 9.59 Å². The van der Waals surface area contributed by atoms with E-state index in [1.165, 1.54) is 4.90 Å². The maximum Gasteiger partial charge on any atom is 0.441 e. The molecule has 0 aromatic carbocycles. The van der Waals surface area contributed by atoms with E-state index in [1.54, 1.807) is 6.92 Å². The van der Waals surface area contributed by atoms with Crippen LogP contribution in [0.2, 0.25) is 0 Å². The van der Waals surface area contributed by atoms with Crippen molar-refractivity contribution >= 4 is 23.8 Å². The number of nitrogens with one attached hydrogen (secondary N) is 1. The van der Waals surface area contributed by atoms with E-state index < -0.39 is 29.7 Å². The van der Waals surface area contributed by atoms with E-state index in [2.05, 4.69) is 5.32 Å². The normalized spacial score (nSPS) is 17.5. The minimum Gasteiger partial charge on any atom is -0.480 e. The molecule has 10 heteroatoms. The number of halogens is 3. The Kier molecular flexibility index (Phi) is 5.51. The number of rotatable bonds is 6. The summed E-state index contributed by atoms with van der Waals surface area (Å²) in [6.45, 7) is 1.54. The van der Waals surface area contributed by atoms with Crippen molar-refractivity contribution in [2.24, 2.45) is 0 Å². The number of nitrogens with zero attached hydrogens (tertiary/aromatic N) is 1. The molecule has 2 N–H and O–H groups in total. The van der Waals surface area contributed by atoms with Crippen LogP contribution in [0.3, 0.4) is 0 Å². The molecule has 2 amide bonds. The van der Waals surface area contributed by atoms with Gasteiger partial charge in [0.25, 0.3) is 0 Å². The van der Waals surface area contributed by atoms with Gasteiger partial charge in [0.05, 0.1) is 13.1 Å². The van der Waals surface area contributed by atoms with Gasteiger partial charge in [0.2, 0.25) is 0 Å². The van der Waals surface area contributed by atoms with Gasteiger partial charge in [0.1, 0.15) is 12.2 Å². The van der Waals surface area contributed by atoms with Gasteiger partial charge in [-0.05, 0) is 18.7 Å². The van der Waals surface area contributed by atoms with Crippen molar-refractivity contribution in [1.29, 1.82) is 0 Å². The largest absolute Gasteiger partial charge is 0.480 e. The number of carboxylic acid groups (broad SMARTS) is 1. The molecule has 1 fully saturated rings. The number of alkyl halides is 3. The van der Waals surface area contributed by atoms with Crippen LogP contribution in [0.25, 0.3) is 0 Å². The van der Waals surface area contributed by atoms with Gasteiger partial charge >= 0.3 is 17.5 Å². The molecule has 20 heavy (non-hydrogen) atoms. The van der Waals surface area contributed by atoms with Crippen LogP contribution in [-0.2, 0) is 9.53 Å². The first-order valence-electron chi connectivity index (χ1n) is 5.70. The zero-order valence-corrected chi connectivity index (χ0v) is 11.5. The average Bonchev–Trinajstić information content (AvgIpc) is 2.27. The van der Waals surface area contributed by atoms with Gasteiger partial charge in [-0.3, -0.25) is 0 Å². The molecule has 0 aromatic heterocycles. The number of ether oxygens (including phenoxy) is 1. The second-order valence-corrected chi connectivity index (χ2v) is 5.67. The van der Waals surface area contributed by atoms with Crippen LogP contribution in [0.1, 0.15) is 6.92 Å². The van der Waals surface area contributed by atoms with E-state index in [4.69, 9.17) is 9.84 Å². The number of urea groups is 1. The maximum absolute atomic E-state index is 11.8. The van der Waals surface area contributed by atoms with Gasteiger partial charge < -0.3 is 20.1 Å². The lowest BCUT2D eigenvalue weighted by Gasteiger charge is -2.46. The van der Waals surface area contributed by atoms with Gasteiger partial charge in [0.15, 0.2) is 0 Å². The standard InChI is InChI=1S/C10H15F3N2O4S/c1-9(19-4-7(16)17)5-15(6-9)8(18)14-2-3-20-10(11,12)13/h2-6H2,1H3,(H,14,18)(H,16,17). The molecule has 1 heterocycles. The molecular formula is C10H15F3N2O4S. The summed E-state index contributed by atoms with van der Waals surface area (Å²) in [5.74, 6) is -1.35. The van der Waals surface area contributed by atoms with Crippen molar-refractivity contribution < 1.29 is 32.6 Å². The molecule has 1 aliphatic rings. The highest BCUT2D eigenvalue weighted by molar-refractivity contribution is 8.00. The van der Waals surface area contributed by atoms with Crippen LogP contribution >= 0.6 is 11.8 Å². The SMILES string of the molecule is CC1(OCC(=O)O)CN(C(=O)NCCSC(F)(F)F)C1. The van der Waals surface area contributed by atoms with E-state index in [0.717, 1.165) is 0 Å². The zero-order chi connectivity index (χ0) is 15.4. The van der Waals surface area contributed by atoms with Crippen molar-refractivity contribution in [1.82, 2.24) is 10.2 Å². The topological polar surface area (TPSA) is 78.9 Å². The molecule has 1 saturated heterocycles. The fourth-order valence-corrected chi connectivity index (χ4v) is 2.10. The molecule has 116 valence electrons. The number of carbonyl (C=O) groups is 2. The maximum atomic E-state index is 11.8. The lowest BCUT2D eigenvalue weighted by Crippen LogP contribution is -2.65. The van der Waals surface area contributed by atoms with E-state index in [1.807, 2.05) is 0 Å². The second-order valence-electron chi connectivity index (χ2n) is 4.51. The molecule has 0 atom stereocenters. The highest BCUT2D eigenvalue weighted by Crippen LogP contribution is 2.29. The molecule has 0 saturated carbocycles. The van der Waals surface area contributed by atoms with Crippen molar-refractivity contribution in [3.63, 3.8) is 0 Å². The number of likely N-dealkylation sites (tertiary alicyclic amines) is 1. The average molecular weight is 316 g/mol. The summed E-state index contributed by atoms with van der Waals surface area (Å²) in [7, 11) is 0. The summed E-state index contributed by atoms with van der Waals surface area (Å²) < 4.78 is 40.6. The van der Waals surface area contributed by atoms with E-state index in [-0.39, 0.29) is 37.1 Å². The Labute approximate surface area is 117 Å². The van der Waals surface area contributed by atoms with Crippen molar-refractivity contribution in [2.45, 2.75) is 18.0 Å². The Bertz CT molecular complexity index is 372. The predicted octanol–water partition coefficient (Wildman–Crippen LogP) is 1.12. The van der Waals surface area contributed by atoms with Crippen LogP contribution in [0.4, 0.5) is 18.0 Å². The molecule has 0 spiro atoms. The van der Waals surface area contributed by atoms with Crippen molar-refractivity contribution in [3.8, 4) is 0 Å². The smallest absolute Gasteiger partial charge is 0.441 e. The van der Waals surface area contributed by atoms with Gasteiger partial charge in [-0.1, -0.05) is 0 Å². The minimum atomic E-state index is -4.30. The second kappa shape index (κ2) is 6.53. The number of carbonyl (C=O) groups excluding carboxylic acids is 1. The Morgan fingerprint density at radius 3 is 2.55 bits per heavy atom. The molecule has 1 aliphatic heterocycles. The first-order valence-corrected chi connectivity index (χ1v) is 6.69.